The molecular weight excluding hydrogens is 382 g/mol. The number of hydrogen-bond donors (Lipinski definition) is 1. The molecule has 0 fully saturated rings. The van der Waals surface area contributed by atoms with Gasteiger partial charge in [-0.2, -0.15) is 0 Å². The highest BCUT2D eigenvalue weighted by Crippen LogP contribution is 2.25. The highest BCUT2D eigenvalue weighted by molar-refractivity contribution is 5.79. The number of rotatable bonds is 6. The van der Waals surface area contributed by atoms with E-state index in [1.807, 2.05) is 55.5 Å². The van der Waals surface area contributed by atoms with Gasteiger partial charge in [0.05, 0.1) is 23.5 Å². The van der Waals surface area contributed by atoms with Crippen LogP contribution in [0, 0.1) is 20.8 Å². The van der Waals surface area contributed by atoms with E-state index in [1.54, 1.807) is 0 Å². The van der Waals surface area contributed by atoms with Crippen LogP contribution in [0.5, 0.6) is 0 Å². The van der Waals surface area contributed by atoms with Crippen LogP contribution in [-0.4, -0.2) is 15.5 Å². The molecule has 0 bridgehead atoms. The van der Waals surface area contributed by atoms with E-state index in [0.717, 1.165) is 29.0 Å². The molecule has 0 spiro atoms. The molecule has 31 heavy (non-hydrogen) atoms. The lowest BCUT2D eigenvalue weighted by Gasteiger charge is -2.19. The molecule has 4 rings (SSSR count). The first-order chi connectivity index (χ1) is 14.9. The Morgan fingerprint density at radius 3 is 2.32 bits per heavy atom. The van der Waals surface area contributed by atoms with Crippen molar-refractivity contribution in [1.29, 1.82) is 0 Å². The normalized spacial score (nSPS) is 12.1. The number of hydrogen-bond acceptors (Lipinski definition) is 2. The number of imidazole rings is 1. The van der Waals surface area contributed by atoms with E-state index in [-0.39, 0.29) is 11.9 Å². The zero-order chi connectivity index (χ0) is 22.0. The van der Waals surface area contributed by atoms with Gasteiger partial charge >= 0.3 is 0 Å². The molecule has 4 nitrogen and oxygen atoms in total. The zero-order valence-corrected chi connectivity index (χ0v) is 18.6. The van der Waals surface area contributed by atoms with Gasteiger partial charge in [0.2, 0.25) is 5.91 Å². The van der Waals surface area contributed by atoms with Crippen LogP contribution in [0.4, 0.5) is 0 Å². The molecule has 1 atom stereocenters. The lowest BCUT2D eigenvalue weighted by atomic mass is 9.99. The van der Waals surface area contributed by atoms with Gasteiger partial charge in [-0.05, 0) is 62.1 Å². The molecule has 1 heterocycles. The Bertz CT molecular complexity index is 1200. The van der Waals surface area contributed by atoms with E-state index >= 15 is 0 Å². The second-order valence-corrected chi connectivity index (χ2v) is 8.37. The molecule has 1 N–H and O–H groups in total. The zero-order valence-electron chi connectivity index (χ0n) is 18.6. The number of carbonyl (C=O) groups excluding carboxylic acids is 1. The van der Waals surface area contributed by atoms with E-state index in [0.29, 0.717) is 6.42 Å². The van der Waals surface area contributed by atoms with Crippen LogP contribution in [0.1, 0.15) is 46.6 Å². The van der Waals surface area contributed by atoms with Gasteiger partial charge < -0.3 is 9.88 Å². The Morgan fingerprint density at radius 2 is 1.61 bits per heavy atom. The number of aryl methyl sites for hydroxylation is 3. The Labute approximate surface area is 183 Å². The van der Waals surface area contributed by atoms with Crippen LogP contribution in [-0.2, 0) is 17.8 Å². The van der Waals surface area contributed by atoms with Gasteiger partial charge in [0.15, 0.2) is 0 Å². The Hall–Kier alpha value is -3.40. The first-order valence-corrected chi connectivity index (χ1v) is 10.8. The van der Waals surface area contributed by atoms with Crippen molar-refractivity contribution in [1.82, 2.24) is 14.9 Å². The molecule has 4 aromatic rings. The summed E-state index contributed by atoms with van der Waals surface area (Å²) in [6.45, 7) is 9.20. The maximum atomic E-state index is 12.7. The van der Waals surface area contributed by atoms with Gasteiger partial charge in [-0.15, -0.1) is 0 Å². The van der Waals surface area contributed by atoms with Crippen molar-refractivity contribution in [3.05, 3.63) is 100 Å². The summed E-state index contributed by atoms with van der Waals surface area (Å²) in [5.41, 5.74) is 8.18. The van der Waals surface area contributed by atoms with Crippen LogP contribution < -0.4 is 5.32 Å². The monoisotopic (exact) mass is 411 g/mol. The highest BCUT2D eigenvalue weighted by Gasteiger charge is 2.19. The SMILES string of the molecule is Cc1cc(C)c(Cn2c(C(C)NC(=O)Cc3ccccc3)nc3ccccc32)c(C)c1. The average Bonchev–Trinajstić information content (AvgIpc) is 3.10. The molecule has 0 aliphatic rings. The summed E-state index contributed by atoms with van der Waals surface area (Å²) in [6.07, 6.45) is 0.363. The van der Waals surface area contributed by atoms with Crippen molar-refractivity contribution in [3.8, 4) is 0 Å². The number of para-hydroxylation sites is 2. The summed E-state index contributed by atoms with van der Waals surface area (Å²) < 4.78 is 2.24. The van der Waals surface area contributed by atoms with Crippen LogP contribution in [0.15, 0.2) is 66.7 Å². The van der Waals surface area contributed by atoms with Crippen molar-refractivity contribution < 1.29 is 4.79 Å². The number of benzene rings is 3. The van der Waals surface area contributed by atoms with Gasteiger partial charge in [0.25, 0.3) is 0 Å². The van der Waals surface area contributed by atoms with Crippen LogP contribution in [0.2, 0.25) is 0 Å². The lowest BCUT2D eigenvalue weighted by molar-refractivity contribution is -0.121. The molecule has 0 saturated heterocycles. The number of fused-ring (bicyclic) bond motifs is 1. The maximum absolute atomic E-state index is 12.7. The number of nitrogens with one attached hydrogen (secondary N) is 1. The summed E-state index contributed by atoms with van der Waals surface area (Å²) in [4.78, 5) is 17.6. The van der Waals surface area contributed by atoms with Crippen molar-refractivity contribution in [2.24, 2.45) is 0 Å². The first kappa shape index (κ1) is 20.9. The smallest absolute Gasteiger partial charge is 0.224 e. The van der Waals surface area contributed by atoms with Crippen molar-refractivity contribution in [2.45, 2.75) is 46.7 Å². The Balaban J connectivity index is 1.66. The summed E-state index contributed by atoms with van der Waals surface area (Å²) in [7, 11) is 0. The molecule has 1 amide bonds. The lowest BCUT2D eigenvalue weighted by Crippen LogP contribution is -2.30. The van der Waals surface area contributed by atoms with Crippen molar-refractivity contribution >= 4 is 16.9 Å². The van der Waals surface area contributed by atoms with Crippen LogP contribution in [0.25, 0.3) is 11.0 Å². The minimum atomic E-state index is -0.199. The third-order valence-electron chi connectivity index (χ3n) is 5.81. The van der Waals surface area contributed by atoms with E-state index in [4.69, 9.17) is 4.98 Å². The number of nitrogens with zero attached hydrogens (tertiary/aromatic N) is 2. The predicted octanol–water partition coefficient (Wildman–Crippen LogP) is 5.43. The third kappa shape index (κ3) is 4.53. The second-order valence-electron chi connectivity index (χ2n) is 8.37. The molecule has 0 saturated carbocycles. The second kappa shape index (κ2) is 8.76. The molecule has 0 aliphatic heterocycles. The maximum Gasteiger partial charge on any atom is 0.224 e. The Morgan fingerprint density at radius 1 is 0.968 bits per heavy atom. The average molecular weight is 412 g/mol. The molecule has 1 unspecified atom stereocenters. The third-order valence-corrected chi connectivity index (χ3v) is 5.81. The fraction of sp³-hybridized carbons (Fsp3) is 0.259. The number of carbonyl (C=O) groups is 1. The fourth-order valence-corrected chi connectivity index (χ4v) is 4.35. The molecule has 158 valence electrons. The van der Waals surface area contributed by atoms with E-state index in [2.05, 4.69) is 48.9 Å². The van der Waals surface area contributed by atoms with Gasteiger partial charge in [-0.3, -0.25) is 4.79 Å². The van der Waals surface area contributed by atoms with E-state index in [9.17, 15) is 4.79 Å². The number of amides is 1. The quantitative estimate of drug-likeness (QED) is 0.460. The minimum absolute atomic E-state index is 0.00000291. The topological polar surface area (TPSA) is 46.9 Å². The fourth-order valence-electron chi connectivity index (χ4n) is 4.35. The van der Waals surface area contributed by atoms with Crippen molar-refractivity contribution in [2.75, 3.05) is 0 Å². The van der Waals surface area contributed by atoms with Crippen LogP contribution in [0.3, 0.4) is 0 Å². The molecule has 1 aromatic heterocycles. The van der Waals surface area contributed by atoms with E-state index in [1.165, 1.54) is 22.3 Å². The molecular formula is C27H29N3O. The van der Waals surface area contributed by atoms with Gasteiger partial charge in [0.1, 0.15) is 5.82 Å². The standard InChI is InChI=1S/C27H29N3O/c1-18-14-19(2)23(20(3)15-18)17-30-25-13-9-8-12-24(25)29-27(30)21(4)28-26(31)16-22-10-6-5-7-11-22/h5-15,21H,16-17H2,1-4H3,(H,28,31). The summed E-state index contributed by atoms with van der Waals surface area (Å²) in [5, 5.41) is 3.15. The summed E-state index contributed by atoms with van der Waals surface area (Å²) in [5.74, 6) is 0.877. The van der Waals surface area contributed by atoms with Crippen LogP contribution >= 0.6 is 0 Å². The van der Waals surface area contributed by atoms with Gasteiger partial charge in [-0.25, -0.2) is 4.98 Å². The van der Waals surface area contributed by atoms with Gasteiger partial charge in [-0.1, -0.05) is 60.2 Å². The molecule has 0 radical (unpaired) electrons. The molecule has 4 heteroatoms. The first-order valence-electron chi connectivity index (χ1n) is 10.8. The molecule has 0 aliphatic carbocycles. The largest absolute Gasteiger partial charge is 0.346 e. The predicted molar refractivity (Wildman–Crippen MR) is 126 cm³/mol. The highest BCUT2D eigenvalue weighted by atomic mass is 16.1. The Kier molecular flexibility index (Phi) is 5.90. The van der Waals surface area contributed by atoms with Gasteiger partial charge in [0, 0.05) is 6.54 Å². The summed E-state index contributed by atoms with van der Waals surface area (Å²) >= 11 is 0. The number of aromatic nitrogens is 2. The minimum Gasteiger partial charge on any atom is -0.346 e. The van der Waals surface area contributed by atoms with Crippen molar-refractivity contribution in [3.63, 3.8) is 0 Å². The summed E-state index contributed by atoms with van der Waals surface area (Å²) in [6, 6.07) is 22.3. The molecule has 3 aromatic carbocycles. The van der Waals surface area contributed by atoms with E-state index < -0.39 is 0 Å².